The fourth-order valence-corrected chi connectivity index (χ4v) is 1.02. The fourth-order valence-electron chi connectivity index (χ4n) is 0.469. The minimum Gasteiger partial charge on any atom is -0.378 e. The number of rotatable bonds is 1. The smallest absolute Gasteiger partial charge is 0.155 e. The molecule has 0 amide bonds. The van der Waals surface area contributed by atoms with Gasteiger partial charge in [-0.3, -0.25) is 4.99 Å². The number of halogens is 1. The molecular weight excluding hydrogens is 194 g/mol. The van der Waals surface area contributed by atoms with Gasteiger partial charge in [0.1, 0.15) is 0 Å². The predicted molar refractivity (Wildman–Crippen MR) is 56.7 cm³/mol. The molecule has 2 N–H and O–H groups in total. The van der Waals surface area contributed by atoms with Crippen LogP contribution in [0.5, 0.6) is 0 Å². The molecule has 3 nitrogen and oxygen atoms in total. The molecule has 0 radical (unpaired) electrons. The summed E-state index contributed by atoms with van der Waals surface area (Å²) in [6.45, 7) is 5.90. The first-order valence-corrected chi connectivity index (χ1v) is 4.29. The van der Waals surface area contributed by atoms with Crippen molar-refractivity contribution in [2.45, 2.75) is 26.3 Å². The Bertz CT molecular complexity index is 190. The maximum absolute atomic E-state index is 8.23. The van der Waals surface area contributed by atoms with Gasteiger partial charge in [-0.05, 0) is 20.8 Å². The number of aliphatic imine (C=N–C) groups is 1. The number of nitrogens with zero attached hydrogens (tertiary/aromatic N) is 2. The summed E-state index contributed by atoms with van der Waals surface area (Å²) in [6, 6.07) is 1.99. The van der Waals surface area contributed by atoms with Gasteiger partial charge in [0, 0.05) is 0 Å². The average molecular weight is 208 g/mol. The SMILES string of the molecule is CC(C)(C)N=C(N)SCC#N.Cl. The number of amidine groups is 1. The minimum absolute atomic E-state index is 0. The van der Waals surface area contributed by atoms with E-state index in [4.69, 9.17) is 11.0 Å². The zero-order valence-electron chi connectivity index (χ0n) is 7.50. The molecule has 0 fully saturated rings. The number of nitriles is 1. The summed E-state index contributed by atoms with van der Waals surface area (Å²) in [7, 11) is 0. The number of hydrogen-bond donors (Lipinski definition) is 1. The largest absolute Gasteiger partial charge is 0.378 e. The zero-order chi connectivity index (χ0) is 8.91. The van der Waals surface area contributed by atoms with Gasteiger partial charge in [0.2, 0.25) is 0 Å². The van der Waals surface area contributed by atoms with Crippen molar-refractivity contribution in [1.29, 1.82) is 5.26 Å². The molecule has 0 saturated carbocycles. The standard InChI is InChI=1S/C7H13N3S.ClH/c1-7(2,3)10-6(9)11-5-4-8;/h5H2,1-3H3,(H2,9,10);1H. The topological polar surface area (TPSA) is 62.2 Å². The van der Waals surface area contributed by atoms with Crippen LogP contribution in [0.1, 0.15) is 20.8 Å². The lowest BCUT2D eigenvalue weighted by Gasteiger charge is -2.12. The monoisotopic (exact) mass is 207 g/mol. The molecule has 5 heteroatoms. The van der Waals surface area contributed by atoms with E-state index in [0.717, 1.165) is 0 Å². The van der Waals surface area contributed by atoms with Gasteiger partial charge in [-0.2, -0.15) is 5.26 Å². The summed E-state index contributed by atoms with van der Waals surface area (Å²) >= 11 is 1.27. The van der Waals surface area contributed by atoms with Crippen molar-refractivity contribution < 1.29 is 0 Å². The van der Waals surface area contributed by atoms with Crippen LogP contribution in [0.4, 0.5) is 0 Å². The van der Waals surface area contributed by atoms with E-state index in [2.05, 4.69) is 4.99 Å². The molecule has 0 aliphatic heterocycles. The van der Waals surface area contributed by atoms with E-state index < -0.39 is 0 Å². The summed E-state index contributed by atoms with van der Waals surface area (Å²) in [5.74, 6) is 0.366. The van der Waals surface area contributed by atoms with Crippen LogP contribution < -0.4 is 5.73 Å². The second-order valence-electron chi connectivity index (χ2n) is 3.07. The van der Waals surface area contributed by atoms with E-state index in [-0.39, 0.29) is 17.9 Å². The molecule has 0 heterocycles. The van der Waals surface area contributed by atoms with Crippen LogP contribution in [0.25, 0.3) is 0 Å². The lowest BCUT2D eigenvalue weighted by Crippen LogP contribution is -2.17. The quantitative estimate of drug-likeness (QED) is 0.527. The van der Waals surface area contributed by atoms with Crippen LogP contribution >= 0.6 is 24.2 Å². The lowest BCUT2D eigenvalue weighted by atomic mass is 10.1. The highest BCUT2D eigenvalue weighted by Gasteiger charge is 2.07. The van der Waals surface area contributed by atoms with Crippen molar-refractivity contribution in [2.75, 3.05) is 5.75 Å². The minimum atomic E-state index is -0.146. The summed E-state index contributed by atoms with van der Waals surface area (Å²) in [4.78, 5) is 4.15. The lowest BCUT2D eigenvalue weighted by molar-refractivity contribution is 0.585. The first kappa shape index (κ1) is 14.1. The van der Waals surface area contributed by atoms with E-state index in [1.807, 2.05) is 26.8 Å². The Balaban J connectivity index is 0. The Morgan fingerprint density at radius 1 is 1.58 bits per heavy atom. The van der Waals surface area contributed by atoms with Crippen LogP contribution in [-0.2, 0) is 0 Å². The fraction of sp³-hybridized carbons (Fsp3) is 0.714. The second kappa shape index (κ2) is 6.15. The molecule has 0 atom stereocenters. The van der Waals surface area contributed by atoms with Gasteiger partial charge in [0.15, 0.2) is 5.17 Å². The Labute approximate surface area is 83.8 Å². The van der Waals surface area contributed by atoms with Gasteiger partial charge in [-0.15, -0.1) is 12.4 Å². The first-order chi connectivity index (χ1) is 4.95. The molecular formula is C7H14ClN3S. The summed E-state index contributed by atoms with van der Waals surface area (Å²) < 4.78 is 0. The van der Waals surface area contributed by atoms with E-state index in [9.17, 15) is 0 Å². The van der Waals surface area contributed by atoms with Crippen LogP contribution in [0.15, 0.2) is 4.99 Å². The van der Waals surface area contributed by atoms with Gasteiger partial charge in [-0.1, -0.05) is 11.8 Å². The van der Waals surface area contributed by atoms with Crippen molar-refractivity contribution in [1.82, 2.24) is 0 Å². The van der Waals surface area contributed by atoms with Crippen LogP contribution in [0, 0.1) is 11.3 Å². The molecule has 0 aromatic carbocycles. The predicted octanol–water partition coefficient (Wildman–Crippen LogP) is 1.78. The molecule has 0 unspecified atom stereocenters. The number of thioether (sulfide) groups is 1. The molecule has 0 aliphatic carbocycles. The van der Waals surface area contributed by atoms with Gasteiger partial charge in [0.25, 0.3) is 0 Å². The zero-order valence-corrected chi connectivity index (χ0v) is 9.13. The third kappa shape index (κ3) is 9.60. The van der Waals surface area contributed by atoms with Crippen molar-refractivity contribution >= 4 is 29.3 Å². The van der Waals surface area contributed by atoms with Crippen molar-refractivity contribution in [3.05, 3.63) is 0 Å². The molecule has 0 spiro atoms. The second-order valence-corrected chi connectivity index (χ2v) is 4.06. The summed E-state index contributed by atoms with van der Waals surface area (Å²) in [5.41, 5.74) is 5.36. The normalized spacial score (nSPS) is 11.7. The van der Waals surface area contributed by atoms with Gasteiger partial charge < -0.3 is 5.73 Å². The average Bonchev–Trinajstić information content (AvgIpc) is 1.79. The van der Waals surface area contributed by atoms with Crippen LogP contribution in [0.3, 0.4) is 0 Å². The highest BCUT2D eigenvalue weighted by molar-refractivity contribution is 8.13. The summed E-state index contributed by atoms with van der Waals surface area (Å²) in [6.07, 6.45) is 0. The molecule has 12 heavy (non-hydrogen) atoms. The van der Waals surface area contributed by atoms with E-state index in [1.54, 1.807) is 0 Å². The van der Waals surface area contributed by atoms with Crippen molar-refractivity contribution in [2.24, 2.45) is 10.7 Å². The molecule has 70 valence electrons. The first-order valence-electron chi connectivity index (χ1n) is 3.31. The highest BCUT2D eigenvalue weighted by Crippen LogP contribution is 2.09. The molecule has 0 bridgehead atoms. The number of hydrogen-bond acceptors (Lipinski definition) is 3. The molecule has 0 aliphatic rings. The van der Waals surface area contributed by atoms with Gasteiger partial charge >= 0.3 is 0 Å². The van der Waals surface area contributed by atoms with E-state index >= 15 is 0 Å². The Kier molecular flexibility index (Phi) is 7.25. The Morgan fingerprint density at radius 2 is 2.08 bits per heavy atom. The maximum Gasteiger partial charge on any atom is 0.155 e. The van der Waals surface area contributed by atoms with Crippen molar-refractivity contribution in [3.8, 4) is 6.07 Å². The van der Waals surface area contributed by atoms with Crippen molar-refractivity contribution in [3.63, 3.8) is 0 Å². The van der Waals surface area contributed by atoms with E-state index in [0.29, 0.717) is 10.9 Å². The third-order valence-electron chi connectivity index (χ3n) is 0.730. The molecule has 0 saturated heterocycles. The van der Waals surface area contributed by atoms with Crippen LogP contribution in [0.2, 0.25) is 0 Å². The Hall–Kier alpha value is -0.400. The van der Waals surface area contributed by atoms with Crippen LogP contribution in [-0.4, -0.2) is 16.5 Å². The Morgan fingerprint density at radius 3 is 2.42 bits per heavy atom. The van der Waals surface area contributed by atoms with Gasteiger partial charge in [-0.25, -0.2) is 0 Å². The summed E-state index contributed by atoms with van der Waals surface area (Å²) in [5, 5.41) is 8.72. The van der Waals surface area contributed by atoms with Gasteiger partial charge in [0.05, 0.1) is 17.4 Å². The maximum atomic E-state index is 8.23. The molecule has 0 aromatic rings. The number of nitrogens with two attached hydrogens (primary N) is 1. The van der Waals surface area contributed by atoms with E-state index in [1.165, 1.54) is 11.8 Å². The highest BCUT2D eigenvalue weighted by atomic mass is 35.5. The molecule has 0 rings (SSSR count). The molecule has 0 aromatic heterocycles. The third-order valence-corrected chi connectivity index (χ3v) is 1.39.